The fourth-order valence-electron chi connectivity index (χ4n) is 2.71. The van der Waals surface area contributed by atoms with E-state index in [0.29, 0.717) is 10.2 Å². The first-order valence-electron chi connectivity index (χ1n) is 8.77. The average molecular weight is 403 g/mol. The van der Waals surface area contributed by atoms with Crippen molar-refractivity contribution in [2.24, 2.45) is 5.92 Å². The van der Waals surface area contributed by atoms with Gasteiger partial charge in [-0.1, -0.05) is 13.8 Å². The zero-order chi connectivity index (χ0) is 20.4. The summed E-state index contributed by atoms with van der Waals surface area (Å²) in [5.41, 5.74) is 0.641. The van der Waals surface area contributed by atoms with Gasteiger partial charge in [0.05, 0.1) is 11.6 Å². The van der Waals surface area contributed by atoms with Gasteiger partial charge in [-0.25, -0.2) is 9.78 Å². The van der Waals surface area contributed by atoms with E-state index in [1.165, 1.54) is 23.7 Å². The van der Waals surface area contributed by atoms with E-state index >= 15 is 0 Å². The zero-order valence-corrected chi connectivity index (χ0v) is 16.8. The Morgan fingerprint density at radius 2 is 2.11 bits per heavy atom. The summed E-state index contributed by atoms with van der Waals surface area (Å²) in [6.45, 7) is 7.19. The predicted octanol–water partition coefficient (Wildman–Crippen LogP) is 2.69. The number of H-pyrrole nitrogens is 1. The number of carbonyl (C=O) groups excluding carboxylic acids is 2. The molecule has 0 saturated carbocycles. The maximum Gasteiger partial charge on any atom is 0.329 e. The van der Waals surface area contributed by atoms with Crippen LogP contribution in [0.25, 0.3) is 10.2 Å². The van der Waals surface area contributed by atoms with Crippen molar-refractivity contribution in [1.29, 1.82) is 0 Å². The van der Waals surface area contributed by atoms with E-state index in [1.54, 1.807) is 19.9 Å². The lowest BCUT2D eigenvalue weighted by atomic mass is 10.0. The van der Waals surface area contributed by atoms with E-state index in [2.05, 4.69) is 15.3 Å². The van der Waals surface area contributed by atoms with Crippen molar-refractivity contribution < 1.29 is 18.7 Å². The monoisotopic (exact) mass is 403 g/mol. The summed E-state index contributed by atoms with van der Waals surface area (Å²) >= 11 is 1.42. The molecule has 3 rings (SSSR count). The second-order valence-electron chi connectivity index (χ2n) is 6.76. The highest BCUT2D eigenvalue weighted by Gasteiger charge is 2.27. The third-order valence-electron chi connectivity index (χ3n) is 4.39. The Hall–Kier alpha value is -2.94. The first-order valence-corrected chi connectivity index (χ1v) is 9.59. The van der Waals surface area contributed by atoms with Crippen molar-refractivity contribution in [1.82, 2.24) is 15.3 Å². The van der Waals surface area contributed by atoms with Crippen LogP contribution in [-0.2, 0) is 16.1 Å². The molecule has 3 aromatic rings. The molecule has 0 aliphatic heterocycles. The summed E-state index contributed by atoms with van der Waals surface area (Å²) in [6, 6.07) is 2.23. The normalized spacial score (nSPS) is 12.3. The molecule has 2 N–H and O–H groups in total. The number of aromatic amines is 1. The van der Waals surface area contributed by atoms with E-state index in [-0.39, 0.29) is 29.7 Å². The van der Waals surface area contributed by atoms with Crippen LogP contribution in [0.5, 0.6) is 0 Å². The van der Waals surface area contributed by atoms with E-state index < -0.39 is 17.9 Å². The van der Waals surface area contributed by atoms with Crippen molar-refractivity contribution in [2.75, 3.05) is 0 Å². The van der Waals surface area contributed by atoms with Crippen molar-refractivity contribution in [3.05, 3.63) is 50.8 Å². The van der Waals surface area contributed by atoms with Gasteiger partial charge in [-0.3, -0.25) is 9.59 Å². The molecule has 0 fully saturated rings. The topological polar surface area (TPSA) is 114 Å². The van der Waals surface area contributed by atoms with Gasteiger partial charge in [0.2, 0.25) is 0 Å². The fraction of sp³-hybridized carbons (Fsp3) is 0.368. The Kier molecular flexibility index (Phi) is 5.64. The molecule has 3 aromatic heterocycles. The van der Waals surface area contributed by atoms with Gasteiger partial charge in [0.25, 0.3) is 11.5 Å². The van der Waals surface area contributed by atoms with Crippen molar-refractivity contribution in [3.63, 3.8) is 0 Å². The largest absolute Gasteiger partial charge is 0.459 e. The number of hydrogen-bond donors (Lipinski definition) is 2. The van der Waals surface area contributed by atoms with E-state index in [1.807, 2.05) is 13.8 Å². The number of hydrogen-bond acceptors (Lipinski definition) is 7. The van der Waals surface area contributed by atoms with Crippen LogP contribution in [0, 0.1) is 19.8 Å². The van der Waals surface area contributed by atoms with Gasteiger partial charge in [-0.15, -0.1) is 11.3 Å². The van der Waals surface area contributed by atoms with Crippen molar-refractivity contribution in [3.8, 4) is 0 Å². The maximum atomic E-state index is 12.5. The predicted molar refractivity (Wildman–Crippen MR) is 104 cm³/mol. The van der Waals surface area contributed by atoms with Crippen molar-refractivity contribution in [2.45, 2.75) is 40.3 Å². The molecule has 0 aromatic carbocycles. The molecule has 0 aliphatic rings. The number of amides is 1. The summed E-state index contributed by atoms with van der Waals surface area (Å²) in [5, 5.41) is 3.17. The van der Waals surface area contributed by atoms with Crippen LogP contribution in [0.4, 0.5) is 0 Å². The zero-order valence-electron chi connectivity index (χ0n) is 16.0. The maximum absolute atomic E-state index is 12.5. The van der Waals surface area contributed by atoms with Crippen LogP contribution in [0.1, 0.15) is 40.7 Å². The first-order chi connectivity index (χ1) is 13.3. The minimum atomic E-state index is -0.862. The molecule has 0 unspecified atom stereocenters. The lowest BCUT2D eigenvalue weighted by Crippen LogP contribution is -2.45. The highest BCUT2D eigenvalue weighted by atomic mass is 32.1. The van der Waals surface area contributed by atoms with Gasteiger partial charge in [-0.2, -0.15) is 0 Å². The standard InChI is InChI=1S/C19H21N3O5S/c1-9(2)15(22-16(23)12-6-5-7-26-12)19(25)27-8-13-20-17(24)14-10(3)11(4)28-18(14)21-13/h5-7,9,15H,8H2,1-4H3,(H,22,23)(H,20,21,24)/t15-/m0/s1. The molecule has 0 spiro atoms. The molecule has 0 radical (unpaired) electrons. The third kappa shape index (κ3) is 3.99. The number of carbonyl (C=O) groups is 2. The number of nitrogens with one attached hydrogen (secondary N) is 2. The van der Waals surface area contributed by atoms with Crippen LogP contribution in [-0.4, -0.2) is 27.9 Å². The Morgan fingerprint density at radius 1 is 1.36 bits per heavy atom. The minimum absolute atomic E-state index is 0.110. The number of nitrogens with zero attached hydrogens (tertiary/aromatic N) is 1. The molecule has 28 heavy (non-hydrogen) atoms. The number of thiophene rings is 1. The van der Waals surface area contributed by atoms with E-state index in [0.717, 1.165) is 10.4 Å². The van der Waals surface area contributed by atoms with E-state index in [4.69, 9.17) is 9.15 Å². The lowest BCUT2D eigenvalue weighted by Gasteiger charge is -2.20. The van der Waals surface area contributed by atoms with Crippen molar-refractivity contribution >= 4 is 33.4 Å². The van der Waals surface area contributed by atoms with Crippen LogP contribution >= 0.6 is 11.3 Å². The molecule has 1 amide bonds. The first kappa shape index (κ1) is 19.8. The van der Waals surface area contributed by atoms with Gasteiger partial charge >= 0.3 is 5.97 Å². The Morgan fingerprint density at radius 3 is 2.75 bits per heavy atom. The molecule has 1 atom stereocenters. The Bertz CT molecular complexity index is 1070. The minimum Gasteiger partial charge on any atom is -0.459 e. The Balaban J connectivity index is 1.71. The second kappa shape index (κ2) is 7.97. The third-order valence-corrected chi connectivity index (χ3v) is 5.49. The smallest absolute Gasteiger partial charge is 0.329 e. The molecule has 0 saturated heterocycles. The molecule has 9 heteroatoms. The summed E-state index contributed by atoms with van der Waals surface area (Å²) < 4.78 is 10.3. The van der Waals surface area contributed by atoms with Crippen LogP contribution in [0.15, 0.2) is 27.6 Å². The number of rotatable bonds is 6. The number of ether oxygens (including phenoxy) is 1. The molecule has 3 heterocycles. The molecule has 0 aliphatic carbocycles. The molecule has 0 bridgehead atoms. The number of esters is 1. The number of aromatic nitrogens is 2. The van der Waals surface area contributed by atoms with Crippen LogP contribution in [0.2, 0.25) is 0 Å². The highest BCUT2D eigenvalue weighted by Crippen LogP contribution is 2.25. The Labute approximate surface area is 164 Å². The van der Waals surface area contributed by atoms with Gasteiger partial charge < -0.3 is 19.5 Å². The highest BCUT2D eigenvalue weighted by molar-refractivity contribution is 7.18. The molecular weight excluding hydrogens is 382 g/mol. The van der Waals surface area contributed by atoms with E-state index in [9.17, 15) is 14.4 Å². The SMILES string of the molecule is Cc1sc2nc(COC(=O)[C@@H](NC(=O)c3ccco3)C(C)C)[nH]c(=O)c2c1C. The number of aryl methyl sites for hydroxylation is 2. The fourth-order valence-corrected chi connectivity index (χ4v) is 3.76. The van der Waals surface area contributed by atoms with Gasteiger partial charge in [-0.05, 0) is 37.5 Å². The molecule has 148 valence electrons. The lowest BCUT2D eigenvalue weighted by molar-refractivity contribution is -0.148. The summed E-state index contributed by atoms with van der Waals surface area (Å²) in [5.74, 6) is -0.955. The van der Waals surface area contributed by atoms with Gasteiger partial charge in [0, 0.05) is 4.88 Å². The number of furan rings is 1. The quantitative estimate of drug-likeness (QED) is 0.612. The van der Waals surface area contributed by atoms with Crippen LogP contribution in [0.3, 0.4) is 0 Å². The van der Waals surface area contributed by atoms with Gasteiger partial charge in [0.1, 0.15) is 23.3 Å². The molecule has 8 nitrogen and oxygen atoms in total. The van der Waals surface area contributed by atoms with Gasteiger partial charge in [0.15, 0.2) is 5.76 Å². The second-order valence-corrected chi connectivity index (χ2v) is 7.96. The summed E-state index contributed by atoms with van der Waals surface area (Å²) in [6.07, 6.45) is 1.38. The summed E-state index contributed by atoms with van der Waals surface area (Å²) in [7, 11) is 0. The van der Waals surface area contributed by atoms with Crippen LogP contribution < -0.4 is 10.9 Å². The summed E-state index contributed by atoms with van der Waals surface area (Å²) in [4.78, 5) is 45.6. The number of fused-ring (bicyclic) bond motifs is 1. The average Bonchev–Trinajstić information content (AvgIpc) is 3.26. The molecular formula is C19H21N3O5S.